The van der Waals surface area contributed by atoms with Crippen molar-refractivity contribution < 1.29 is 9.15 Å². The molecule has 2 fully saturated rings. The predicted octanol–water partition coefficient (Wildman–Crippen LogP) is 1.92. The Kier molecular flexibility index (Phi) is 3.41. The van der Waals surface area contributed by atoms with Gasteiger partial charge in [-0.3, -0.25) is 4.90 Å². The molecular formula is C14H22N2O2. The summed E-state index contributed by atoms with van der Waals surface area (Å²) in [6.45, 7) is 3.64. The normalized spacial score (nSPS) is 26.3. The molecule has 2 N–H and O–H groups in total. The molecule has 0 spiro atoms. The van der Waals surface area contributed by atoms with Gasteiger partial charge in [0, 0.05) is 18.6 Å². The molecule has 3 rings (SSSR count). The molecule has 1 aliphatic heterocycles. The molecule has 0 amide bonds. The molecule has 1 saturated carbocycles. The molecule has 1 aromatic rings. The van der Waals surface area contributed by atoms with Crippen molar-refractivity contribution in [2.24, 2.45) is 5.73 Å². The van der Waals surface area contributed by atoms with E-state index in [1.807, 2.05) is 12.1 Å². The zero-order chi connectivity index (χ0) is 12.4. The van der Waals surface area contributed by atoms with Crippen LogP contribution in [0.1, 0.15) is 37.5 Å². The number of nitrogens with two attached hydrogens (primary N) is 1. The van der Waals surface area contributed by atoms with Crippen LogP contribution in [0, 0.1) is 0 Å². The van der Waals surface area contributed by atoms with Crippen molar-refractivity contribution in [1.82, 2.24) is 4.90 Å². The largest absolute Gasteiger partial charge is 0.468 e. The SMILES string of the molecule is NC(c1ccco1)C1(N2CCOCC2)CCCC1. The number of nitrogens with zero attached hydrogens (tertiary/aromatic N) is 1. The third kappa shape index (κ3) is 1.98. The van der Waals surface area contributed by atoms with Crippen molar-refractivity contribution in [1.29, 1.82) is 0 Å². The fourth-order valence-electron chi connectivity index (χ4n) is 3.55. The summed E-state index contributed by atoms with van der Waals surface area (Å²) in [4.78, 5) is 2.54. The molecule has 0 aromatic carbocycles. The van der Waals surface area contributed by atoms with Crippen LogP contribution in [0.4, 0.5) is 0 Å². The zero-order valence-electron chi connectivity index (χ0n) is 10.8. The summed E-state index contributed by atoms with van der Waals surface area (Å²) in [5.41, 5.74) is 6.62. The van der Waals surface area contributed by atoms with Crippen molar-refractivity contribution in [2.45, 2.75) is 37.3 Å². The maximum atomic E-state index is 6.53. The first-order chi connectivity index (χ1) is 8.83. The van der Waals surface area contributed by atoms with E-state index in [1.165, 1.54) is 25.7 Å². The summed E-state index contributed by atoms with van der Waals surface area (Å²) < 4.78 is 11.0. The molecule has 4 heteroatoms. The van der Waals surface area contributed by atoms with Gasteiger partial charge in [0.05, 0.1) is 25.5 Å². The molecule has 0 radical (unpaired) electrons. The van der Waals surface area contributed by atoms with Crippen LogP contribution >= 0.6 is 0 Å². The van der Waals surface area contributed by atoms with Crippen LogP contribution in [0.3, 0.4) is 0 Å². The van der Waals surface area contributed by atoms with E-state index >= 15 is 0 Å². The maximum absolute atomic E-state index is 6.53. The minimum atomic E-state index is -0.0203. The Balaban J connectivity index is 1.86. The monoisotopic (exact) mass is 250 g/mol. The van der Waals surface area contributed by atoms with Crippen LogP contribution in [0.2, 0.25) is 0 Å². The highest BCUT2D eigenvalue weighted by Gasteiger charge is 2.46. The van der Waals surface area contributed by atoms with E-state index in [1.54, 1.807) is 6.26 Å². The molecule has 4 nitrogen and oxygen atoms in total. The molecule has 1 saturated heterocycles. The van der Waals surface area contributed by atoms with Crippen molar-refractivity contribution in [3.05, 3.63) is 24.2 Å². The molecule has 2 aliphatic rings. The van der Waals surface area contributed by atoms with Gasteiger partial charge >= 0.3 is 0 Å². The predicted molar refractivity (Wildman–Crippen MR) is 69.2 cm³/mol. The molecule has 1 aromatic heterocycles. The molecular weight excluding hydrogens is 228 g/mol. The van der Waals surface area contributed by atoms with E-state index in [9.17, 15) is 0 Å². The Bertz CT molecular complexity index is 365. The average molecular weight is 250 g/mol. The number of furan rings is 1. The molecule has 1 aliphatic carbocycles. The highest BCUT2D eigenvalue weighted by molar-refractivity contribution is 5.14. The molecule has 1 atom stereocenters. The molecule has 18 heavy (non-hydrogen) atoms. The number of rotatable bonds is 3. The second-order valence-corrected chi connectivity index (χ2v) is 5.40. The lowest BCUT2D eigenvalue weighted by atomic mass is 9.84. The number of morpholine rings is 1. The van der Waals surface area contributed by atoms with E-state index < -0.39 is 0 Å². The van der Waals surface area contributed by atoms with Crippen LogP contribution in [0.15, 0.2) is 22.8 Å². The van der Waals surface area contributed by atoms with E-state index in [4.69, 9.17) is 14.9 Å². The van der Waals surface area contributed by atoms with Gasteiger partial charge in [-0.15, -0.1) is 0 Å². The molecule has 0 bridgehead atoms. The molecule has 2 heterocycles. The van der Waals surface area contributed by atoms with Gasteiger partial charge in [0.25, 0.3) is 0 Å². The summed E-state index contributed by atoms with van der Waals surface area (Å²) >= 11 is 0. The minimum absolute atomic E-state index is 0.0203. The Morgan fingerprint density at radius 2 is 1.94 bits per heavy atom. The summed E-state index contributed by atoms with van der Waals surface area (Å²) in [7, 11) is 0. The van der Waals surface area contributed by atoms with Gasteiger partial charge < -0.3 is 14.9 Å². The average Bonchev–Trinajstić information content (AvgIpc) is 3.11. The zero-order valence-corrected chi connectivity index (χ0v) is 10.8. The second-order valence-electron chi connectivity index (χ2n) is 5.40. The number of hydrogen-bond donors (Lipinski definition) is 1. The van der Waals surface area contributed by atoms with Gasteiger partial charge in [-0.1, -0.05) is 12.8 Å². The highest BCUT2D eigenvalue weighted by Crippen LogP contribution is 2.43. The topological polar surface area (TPSA) is 51.6 Å². The summed E-state index contributed by atoms with van der Waals surface area (Å²) in [6, 6.07) is 3.91. The minimum Gasteiger partial charge on any atom is -0.468 e. The first kappa shape index (κ1) is 12.2. The Morgan fingerprint density at radius 3 is 2.56 bits per heavy atom. The van der Waals surface area contributed by atoms with Gasteiger partial charge in [-0.05, 0) is 25.0 Å². The van der Waals surface area contributed by atoms with Crippen LogP contribution in [0.25, 0.3) is 0 Å². The third-order valence-corrected chi connectivity index (χ3v) is 4.54. The highest BCUT2D eigenvalue weighted by atomic mass is 16.5. The van der Waals surface area contributed by atoms with Crippen LogP contribution in [-0.2, 0) is 4.74 Å². The lowest BCUT2D eigenvalue weighted by molar-refractivity contribution is -0.0335. The summed E-state index contributed by atoms with van der Waals surface area (Å²) in [5.74, 6) is 0.920. The maximum Gasteiger partial charge on any atom is 0.122 e. The second kappa shape index (κ2) is 5.03. The van der Waals surface area contributed by atoms with Crippen molar-refractivity contribution in [2.75, 3.05) is 26.3 Å². The van der Waals surface area contributed by atoms with Gasteiger partial charge in [0.1, 0.15) is 5.76 Å². The quantitative estimate of drug-likeness (QED) is 0.890. The Morgan fingerprint density at radius 1 is 1.22 bits per heavy atom. The van der Waals surface area contributed by atoms with Gasteiger partial charge in [-0.25, -0.2) is 0 Å². The van der Waals surface area contributed by atoms with Crippen molar-refractivity contribution >= 4 is 0 Å². The lowest BCUT2D eigenvalue weighted by Crippen LogP contribution is -2.57. The van der Waals surface area contributed by atoms with E-state index in [0.29, 0.717) is 0 Å². The van der Waals surface area contributed by atoms with Crippen LogP contribution < -0.4 is 5.73 Å². The van der Waals surface area contributed by atoms with E-state index in [2.05, 4.69) is 4.90 Å². The molecule has 100 valence electrons. The van der Waals surface area contributed by atoms with Crippen molar-refractivity contribution in [3.63, 3.8) is 0 Å². The first-order valence-electron chi connectivity index (χ1n) is 6.95. The first-order valence-corrected chi connectivity index (χ1v) is 6.95. The summed E-state index contributed by atoms with van der Waals surface area (Å²) in [6.07, 6.45) is 6.61. The fourth-order valence-corrected chi connectivity index (χ4v) is 3.55. The van der Waals surface area contributed by atoms with Gasteiger partial charge in [0.2, 0.25) is 0 Å². The van der Waals surface area contributed by atoms with Gasteiger partial charge in [-0.2, -0.15) is 0 Å². The van der Waals surface area contributed by atoms with E-state index in [0.717, 1.165) is 32.1 Å². The third-order valence-electron chi connectivity index (χ3n) is 4.54. The molecule has 1 unspecified atom stereocenters. The Labute approximate surface area is 108 Å². The lowest BCUT2D eigenvalue weighted by Gasteiger charge is -2.46. The van der Waals surface area contributed by atoms with Crippen molar-refractivity contribution in [3.8, 4) is 0 Å². The van der Waals surface area contributed by atoms with Crippen LogP contribution in [0.5, 0.6) is 0 Å². The van der Waals surface area contributed by atoms with Crippen LogP contribution in [-0.4, -0.2) is 36.7 Å². The van der Waals surface area contributed by atoms with E-state index in [-0.39, 0.29) is 11.6 Å². The smallest absolute Gasteiger partial charge is 0.122 e. The van der Waals surface area contributed by atoms with Gasteiger partial charge in [0.15, 0.2) is 0 Å². The Hall–Kier alpha value is -0.840. The number of hydrogen-bond acceptors (Lipinski definition) is 4. The summed E-state index contributed by atoms with van der Waals surface area (Å²) in [5, 5.41) is 0. The fraction of sp³-hybridized carbons (Fsp3) is 0.714. The standard InChI is InChI=1S/C14H22N2O2/c15-13(12-4-3-9-18-12)14(5-1-2-6-14)16-7-10-17-11-8-16/h3-4,9,13H,1-2,5-8,10-11,15H2. The number of ether oxygens (including phenoxy) is 1.